The maximum atomic E-state index is 11.2. The van der Waals surface area contributed by atoms with Crippen molar-refractivity contribution < 1.29 is 14.3 Å². The van der Waals surface area contributed by atoms with Gasteiger partial charge in [-0.25, -0.2) is 0 Å². The average molecular weight is 218 g/mol. The van der Waals surface area contributed by atoms with Crippen LogP contribution in [0.4, 0.5) is 0 Å². The first-order valence-electron chi connectivity index (χ1n) is 4.56. The number of carbonyl (C=O) groups excluding carboxylic acids is 2. The maximum absolute atomic E-state index is 11.2. The zero-order chi connectivity index (χ0) is 11.1. The van der Waals surface area contributed by atoms with Gasteiger partial charge >= 0.3 is 5.97 Å². The van der Waals surface area contributed by atoms with Crippen LogP contribution in [0.25, 0.3) is 0 Å². The van der Waals surface area contributed by atoms with E-state index in [1.54, 1.807) is 27.9 Å². The van der Waals surface area contributed by atoms with Crippen LogP contribution in [0.15, 0.2) is 0 Å². The summed E-state index contributed by atoms with van der Waals surface area (Å²) in [5, 5.41) is 5.51. The molecule has 0 spiro atoms. The van der Waals surface area contributed by atoms with Gasteiger partial charge in [0.1, 0.15) is 6.04 Å². The van der Waals surface area contributed by atoms with Crippen molar-refractivity contribution in [3.63, 3.8) is 0 Å². The van der Waals surface area contributed by atoms with Crippen molar-refractivity contribution in [3.8, 4) is 0 Å². The van der Waals surface area contributed by atoms with Gasteiger partial charge in [-0.3, -0.25) is 9.59 Å². The monoisotopic (exact) mass is 218 g/mol. The fourth-order valence-electron chi connectivity index (χ4n) is 0.671. The molecule has 0 aromatic carbocycles. The van der Waals surface area contributed by atoms with Gasteiger partial charge in [0.2, 0.25) is 0 Å². The molecule has 0 rings (SSSR count). The summed E-state index contributed by atoms with van der Waals surface area (Å²) < 4.78 is 4.79. The molecule has 0 heterocycles. The van der Waals surface area contributed by atoms with E-state index in [2.05, 4.69) is 10.6 Å². The largest absolute Gasteiger partial charge is 0.456 e. The van der Waals surface area contributed by atoms with E-state index in [1.165, 1.54) is 0 Å². The average Bonchev–Trinajstić information content (AvgIpc) is 2.22. The number of Topliss-reactive ketones (excluding diaryl/α,β-unsaturated/α-hetero) is 1. The van der Waals surface area contributed by atoms with Gasteiger partial charge < -0.3 is 15.4 Å². The number of carbonyl (C=O) groups is 2. The standard InChI is InChI=1S/C9H18N2O3.CH4/c1-6(10-3)8(12)5-14-9(13)7(2)11-4;/h6-7,10-11H,5H2,1-4H3;1H4. The highest BCUT2D eigenvalue weighted by molar-refractivity contribution is 5.87. The Kier molecular flexibility index (Phi) is 9.21. The highest BCUT2D eigenvalue weighted by Crippen LogP contribution is 1.90. The van der Waals surface area contributed by atoms with Gasteiger partial charge in [0.15, 0.2) is 12.4 Å². The summed E-state index contributed by atoms with van der Waals surface area (Å²) >= 11 is 0. The predicted molar refractivity (Wildman–Crippen MR) is 59.7 cm³/mol. The van der Waals surface area contributed by atoms with Crippen molar-refractivity contribution in [3.05, 3.63) is 0 Å². The summed E-state index contributed by atoms with van der Waals surface area (Å²) in [4.78, 5) is 22.4. The SMILES string of the molecule is C.CNC(C)C(=O)COC(=O)C(C)NC. The summed E-state index contributed by atoms with van der Waals surface area (Å²) in [6.07, 6.45) is 0. The summed E-state index contributed by atoms with van der Waals surface area (Å²) in [6, 6.07) is -0.666. The molecule has 0 aliphatic rings. The topological polar surface area (TPSA) is 67.4 Å². The molecule has 2 unspecified atom stereocenters. The third-order valence-electron chi connectivity index (χ3n) is 2.06. The molecule has 0 saturated heterocycles. The molecule has 0 aromatic rings. The van der Waals surface area contributed by atoms with Crippen LogP contribution in [0, 0.1) is 0 Å². The number of hydrogen-bond donors (Lipinski definition) is 2. The Morgan fingerprint density at radius 2 is 1.60 bits per heavy atom. The van der Waals surface area contributed by atoms with Crippen molar-refractivity contribution in [2.45, 2.75) is 33.4 Å². The van der Waals surface area contributed by atoms with Gasteiger partial charge in [0.05, 0.1) is 6.04 Å². The lowest BCUT2D eigenvalue weighted by Crippen LogP contribution is -2.37. The predicted octanol–water partition coefficient (Wildman–Crippen LogP) is -0.0494. The molecule has 0 aromatic heterocycles. The van der Waals surface area contributed by atoms with E-state index < -0.39 is 5.97 Å². The van der Waals surface area contributed by atoms with Gasteiger partial charge in [0, 0.05) is 0 Å². The molecular formula is C10H22N2O3. The summed E-state index contributed by atoms with van der Waals surface area (Å²) in [6.45, 7) is 3.22. The summed E-state index contributed by atoms with van der Waals surface area (Å²) in [7, 11) is 3.34. The van der Waals surface area contributed by atoms with Gasteiger partial charge in [0.25, 0.3) is 0 Å². The summed E-state index contributed by atoms with van der Waals surface area (Å²) in [5.74, 6) is -0.548. The van der Waals surface area contributed by atoms with Crippen LogP contribution in [0.3, 0.4) is 0 Å². The number of esters is 1. The summed E-state index contributed by atoms with van der Waals surface area (Å²) in [5.41, 5.74) is 0. The van der Waals surface area contributed by atoms with E-state index in [1.807, 2.05) is 0 Å². The first-order valence-corrected chi connectivity index (χ1v) is 4.56. The van der Waals surface area contributed by atoms with E-state index in [-0.39, 0.29) is 31.9 Å². The Labute approximate surface area is 91.6 Å². The van der Waals surface area contributed by atoms with Crippen LogP contribution in [-0.4, -0.2) is 44.5 Å². The molecule has 0 bridgehead atoms. The molecule has 15 heavy (non-hydrogen) atoms. The molecule has 0 radical (unpaired) electrons. The quantitative estimate of drug-likeness (QED) is 0.612. The van der Waals surface area contributed by atoms with Gasteiger partial charge in [-0.05, 0) is 27.9 Å². The highest BCUT2D eigenvalue weighted by Gasteiger charge is 2.16. The van der Waals surface area contributed by atoms with Crippen molar-refractivity contribution in [1.29, 1.82) is 0 Å². The van der Waals surface area contributed by atoms with Crippen molar-refractivity contribution in [2.24, 2.45) is 0 Å². The van der Waals surface area contributed by atoms with Crippen molar-refractivity contribution in [1.82, 2.24) is 10.6 Å². The third-order valence-corrected chi connectivity index (χ3v) is 2.06. The Balaban J connectivity index is 0. The van der Waals surface area contributed by atoms with E-state index in [9.17, 15) is 9.59 Å². The normalized spacial score (nSPS) is 13.6. The number of likely N-dealkylation sites (N-methyl/N-ethyl adjacent to an activating group) is 2. The molecule has 0 aliphatic heterocycles. The van der Waals surface area contributed by atoms with E-state index in [0.717, 1.165) is 0 Å². The minimum Gasteiger partial charge on any atom is -0.456 e. The minimum atomic E-state index is -0.413. The molecule has 0 saturated carbocycles. The lowest BCUT2D eigenvalue weighted by molar-refractivity contribution is -0.149. The lowest BCUT2D eigenvalue weighted by Gasteiger charge is -2.12. The van der Waals surface area contributed by atoms with Crippen LogP contribution >= 0.6 is 0 Å². The van der Waals surface area contributed by atoms with Crippen molar-refractivity contribution >= 4 is 11.8 Å². The molecule has 5 heteroatoms. The van der Waals surface area contributed by atoms with Crippen LogP contribution < -0.4 is 10.6 Å². The number of ether oxygens (including phenoxy) is 1. The van der Waals surface area contributed by atoms with Crippen LogP contribution in [-0.2, 0) is 14.3 Å². The van der Waals surface area contributed by atoms with Crippen LogP contribution in [0.2, 0.25) is 0 Å². The maximum Gasteiger partial charge on any atom is 0.323 e. The molecular weight excluding hydrogens is 196 g/mol. The van der Waals surface area contributed by atoms with E-state index in [4.69, 9.17) is 4.74 Å². The second-order valence-electron chi connectivity index (χ2n) is 3.09. The third kappa shape index (κ3) is 6.19. The van der Waals surface area contributed by atoms with E-state index in [0.29, 0.717) is 0 Å². The number of hydrogen-bond acceptors (Lipinski definition) is 5. The first kappa shape index (κ1) is 16.5. The molecule has 2 N–H and O–H groups in total. The Morgan fingerprint density at radius 3 is 2.00 bits per heavy atom. The van der Waals surface area contributed by atoms with Gasteiger partial charge in [-0.2, -0.15) is 0 Å². The second-order valence-corrected chi connectivity index (χ2v) is 3.09. The van der Waals surface area contributed by atoms with Gasteiger partial charge in [-0.1, -0.05) is 7.43 Å². The number of nitrogens with one attached hydrogen (secondary N) is 2. The van der Waals surface area contributed by atoms with Crippen LogP contribution in [0.1, 0.15) is 21.3 Å². The highest BCUT2D eigenvalue weighted by atomic mass is 16.5. The van der Waals surface area contributed by atoms with E-state index >= 15 is 0 Å². The molecule has 0 amide bonds. The molecule has 90 valence electrons. The van der Waals surface area contributed by atoms with Crippen LogP contribution in [0.5, 0.6) is 0 Å². The van der Waals surface area contributed by atoms with Crippen molar-refractivity contribution in [2.75, 3.05) is 20.7 Å². The fraction of sp³-hybridized carbons (Fsp3) is 0.800. The molecule has 0 fully saturated rings. The lowest BCUT2D eigenvalue weighted by atomic mass is 10.2. The number of ketones is 1. The fourth-order valence-corrected chi connectivity index (χ4v) is 0.671. The van der Waals surface area contributed by atoms with Gasteiger partial charge in [-0.15, -0.1) is 0 Å². The second kappa shape index (κ2) is 8.38. The first-order chi connectivity index (χ1) is 6.52. The minimum absolute atomic E-state index is 0. The molecule has 2 atom stereocenters. The Hall–Kier alpha value is -0.940. The Morgan fingerprint density at radius 1 is 1.13 bits per heavy atom. The Bertz CT molecular complexity index is 185. The molecule has 0 aliphatic carbocycles. The zero-order valence-electron chi connectivity index (χ0n) is 9.09. The zero-order valence-corrected chi connectivity index (χ0v) is 9.09. The smallest absolute Gasteiger partial charge is 0.323 e. The molecule has 5 nitrogen and oxygen atoms in total. The number of rotatable bonds is 6.